The molecular weight excluding hydrogens is 102 g/mol. The first kappa shape index (κ1) is 5.31. The fourth-order valence-electron chi connectivity index (χ4n) is 0.513. The van der Waals surface area contributed by atoms with Gasteiger partial charge in [-0.15, -0.1) is 0 Å². The Morgan fingerprint density at radius 2 is 2.75 bits per heavy atom. The smallest absolute Gasteiger partial charge is 0.177 e. The Bertz CT molecular complexity index is 133. The average Bonchev–Trinajstić information content (AvgIpc) is 2.19. The molecule has 0 aliphatic carbocycles. The highest BCUT2D eigenvalue weighted by Gasteiger charge is 1.82. The van der Waals surface area contributed by atoms with Crippen LogP contribution >= 0.6 is 0 Å². The highest BCUT2D eigenvalue weighted by atomic mass is 15.1. The first-order chi connectivity index (χ1) is 3.93. The van der Waals surface area contributed by atoms with Gasteiger partial charge in [0.25, 0.3) is 0 Å². The summed E-state index contributed by atoms with van der Waals surface area (Å²) < 4.78 is 1.83. The van der Waals surface area contributed by atoms with Gasteiger partial charge in [0.2, 0.25) is 0 Å². The molecule has 0 aliphatic rings. The zero-order valence-electron chi connectivity index (χ0n) is 4.76. The molecule has 1 aromatic heterocycles. The lowest BCUT2D eigenvalue weighted by Gasteiger charge is -1.94. The third-order valence-corrected chi connectivity index (χ3v) is 0.836. The molecule has 0 unspecified atom stereocenters. The summed E-state index contributed by atoms with van der Waals surface area (Å²) >= 11 is 0. The maximum atomic E-state index is 3.74. The van der Waals surface area contributed by atoms with Crippen molar-refractivity contribution in [3.05, 3.63) is 18.7 Å². The van der Waals surface area contributed by atoms with Crippen LogP contribution in [0.5, 0.6) is 0 Å². The van der Waals surface area contributed by atoms with E-state index in [9.17, 15) is 0 Å². The van der Waals surface area contributed by atoms with Gasteiger partial charge >= 0.3 is 0 Å². The monoisotopic (exact) mass is 110 g/mol. The summed E-state index contributed by atoms with van der Waals surface area (Å²) in [4.78, 5) is 3.74. The van der Waals surface area contributed by atoms with Crippen LogP contribution in [-0.4, -0.2) is 16.6 Å². The number of aromatic nitrogens is 2. The van der Waals surface area contributed by atoms with Crippen LogP contribution < -0.4 is 5.32 Å². The molecule has 0 fully saturated rings. The highest BCUT2D eigenvalue weighted by molar-refractivity contribution is 4.70. The Hall–Kier alpha value is -0.830. The van der Waals surface area contributed by atoms with E-state index in [0.717, 1.165) is 6.67 Å². The number of imidazole rings is 1. The number of hydrogen-bond donors (Lipinski definition) is 1. The molecule has 1 radical (unpaired) electrons. The van der Waals surface area contributed by atoms with Crippen molar-refractivity contribution in [3.63, 3.8) is 0 Å². The van der Waals surface area contributed by atoms with Gasteiger partial charge in [-0.25, -0.2) is 4.98 Å². The lowest BCUT2D eigenvalue weighted by atomic mass is 10.9. The predicted octanol–water partition coefficient (Wildman–Crippen LogP) is -0.140. The zero-order valence-corrected chi connectivity index (χ0v) is 4.76. The topological polar surface area (TPSA) is 29.9 Å². The standard InChI is InChI=1S/C5H8N3/c1-6-4-8-3-2-7-5-8/h2-3,6H,4H2,1H3. The van der Waals surface area contributed by atoms with Crippen molar-refractivity contribution in [2.75, 3.05) is 7.05 Å². The third-order valence-electron chi connectivity index (χ3n) is 0.836. The van der Waals surface area contributed by atoms with Crippen LogP contribution in [0.4, 0.5) is 0 Å². The van der Waals surface area contributed by atoms with E-state index in [1.165, 1.54) is 0 Å². The van der Waals surface area contributed by atoms with E-state index in [4.69, 9.17) is 0 Å². The molecule has 1 rings (SSSR count). The van der Waals surface area contributed by atoms with E-state index in [0.29, 0.717) is 0 Å². The van der Waals surface area contributed by atoms with Crippen molar-refractivity contribution < 1.29 is 0 Å². The van der Waals surface area contributed by atoms with Gasteiger partial charge in [-0.2, -0.15) is 0 Å². The Kier molecular flexibility index (Phi) is 1.64. The van der Waals surface area contributed by atoms with E-state index >= 15 is 0 Å². The van der Waals surface area contributed by atoms with Crippen LogP contribution in [0.15, 0.2) is 12.4 Å². The second-order valence-corrected chi connectivity index (χ2v) is 1.51. The van der Waals surface area contributed by atoms with Gasteiger partial charge in [-0.3, -0.25) is 0 Å². The summed E-state index contributed by atoms with van der Waals surface area (Å²) in [6.45, 7) is 0.778. The Morgan fingerprint density at radius 1 is 1.88 bits per heavy atom. The lowest BCUT2D eigenvalue weighted by molar-refractivity contribution is 0.613. The molecule has 8 heavy (non-hydrogen) atoms. The maximum absolute atomic E-state index is 3.74. The molecule has 3 heteroatoms. The molecule has 0 saturated carbocycles. The predicted molar refractivity (Wildman–Crippen MR) is 30.1 cm³/mol. The number of nitrogens with zero attached hydrogens (tertiary/aromatic N) is 2. The van der Waals surface area contributed by atoms with Gasteiger partial charge in [0.15, 0.2) is 6.33 Å². The first-order valence-corrected chi connectivity index (χ1v) is 2.47. The molecule has 1 N–H and O–H groups in total. The van der Waals surface area contributed by atoms with Gasteiger partial charge < -0.3 is 9.88 Å². The summed E-state index contributed by atoms with van der Waals surface area (Å²) in [5.74, 6) is 0. The maximum Gasteiger partial charge on any atom is 0.177 e. The van der Waals surface area contributed by atoms with Crippen LogP contribution in [0, 0.1) is 6.33 Å². The van der Waals surface area contributed by atoms with E-state index in [1.807, 2.05) is 17.8 Å². The molecule has 1 aromatic rings. The number of hydrogen-bond acceptors (Lipinski definition) is 2. The summed E-state index contributed by atoms with van der Waals surface area (Å²) in [6, 6.07) is 0. The lowest BCUT2D eigenvalue weighted by Crippen LogP contribution is -2.10. The van der Waals surface area contributed by atoms with Gasteiger partial charge in [0.1, 0.15) is 0 Å². The SMILES string of the molecule is CNCn1[c]ncc1. The second kappa shape index (κ2) is 2.47. The van der Waals surface area contributed by atoms with Gasteiger partial charge in [0, 0.05) is 12.4 Å². The first-order valence-electron chi connectivity index (χ1n) is 2.47. The van der Waals surface area contributed by atoms with Crippen molar-refractivity contribution >= 4 is 0 Å². The second-order valence-electron chi connectivity index (χ2n) is 1.51. The van der Waals surface area contributed by atoms with Crippen LogP contribution in [0.25, 0.3) is 0 Å². The number of nitrogens with one attached hydrogen (secondary N) is 1. The Balaban J connectivity index is 2.50. The van der Waals surface area contributed by atoms with E-state index in [-0.39, 0.29) is 0 Å². The number of rotatable bonds is 2. The summed E-state index contributed by atoms with van der Waals surface area (Å²) in [6.07, 6.45) is 6.31. The normalized spacial score (nSPS) is 9.62. The molecule has 0 aromatic carbocycles. The molecule has 43 valence electrons. The van der Waals surface area contributed by atoms with Gasteiger partial charge in [-0.05, 0) is 7.05 Å². The van der Waals surface area contributed by atoms with Crippen molar-refractivity contribution in [1.82, 2.24) is 14.9 Å². The minimum Gasteiger partial charge on any atom is -0.315 e. The van der Waals surface area contributed by atoms with Gasteiger partial charge in [-0.1, -0.05) is 0 Å². The summed E-state index contributed by atoms with van der Waals surface area (Å²) in [5.41, 5.74) is 0. The minimum atomic E-state index is 0.778. The Morgan fingerprint density at radius 3 is 3.25 bits per heavy atom. The molecule has 3 nitrogen and oxygen atoms in total. The molecule has 0 bridgehead atoms. The molecule has 0 atom stereocenters. The molecule has 0 amide bonds. The molecule has 0 saturated heterocycles. The van der Waals surface area contributed by atoms with Crippen molar-refractivity contribution in [2.45, 2.75) is 6.67 Å². The largest absolute Gasteiger partial charge is 0.315 e. The van der Waals surface area contributed by atoms with Crippen molar-refractivity contribution in [2.24, 2.45) is 0 Å². The fourth-order valence-corrected chi connectivity index (χ4v) is 0.513. The van der Waals surface area contributed by atoms with E-state index in [1.54, 1.807) is 6.20 Å². The van der Waals surface area contributed by atoms with Crippen LogP contribution in [0.2, 0.25) is 0 Å². The molecular formula is C5H8N3. The molecule has 1 heterocycles. The molecule has 0 spiro atoms. The minimum absolute atomic E-state index is 0.778. The summed E-state index contributed by atoms with van der Waals surface area (Å²) in [7, 11) is 1.88. The average molecular weight is 110 g/mol. The highest BCUT2D eigenvalue weighted by Crippen LogP contribution is 1.78. The van der Waals surface area contributed by atoms with Crippen LogP contribution in [0.3, 0.4) is 0 Å². The molecule has 0 aliphatic heterocycles. The zero-order chi connectivity index (χ0) is 5.82. The van der Waals surface area contributed by atoms with Crippen LogP contribution in [-0.2, 0) is 6.67 Å². The quantitative estimate of drug-likeness (QED) is 0.574. The van der Waals surface area contributed by atoms with E-state index < -0.39 is 0 Å². The Labute approximate surface area is 48.3 Å². The van der Waals surface area contributed by atoms with Gasteiger partial charge in [0.05, 0.1) is 6.67 Å². The van der Waals surface area contributed by atoms with Crippen molar-refractivity contribution in [1.29, 1.82) is 0 Å². The fraction of sp³-hybridized carbons (Fsp3) is 0.400. The van der Waals surface area contributed by atoms with Crippen molar-refractivity contribution in [3.8, 4) is 0 Å². The summed E-state index contributed by atoms with van der Waals surface area (Å²) in [5, 5.41) is 2.96. The van der Waals surface area contributed by atoms with E-state index in [2.05, 4.69) is 16.6 Å². The third kappa shape index (κ3) is 1.07. The van der Waals surface area contributed by atoms with Crippen LogP contribution in [0.1, 0.15) is 0 Å².